The second-order valence-electron chi connectivity index (χ2n) is 38.5. The highest BCUT2D eigenvalue weighted by molar-refractivity contribution is 9.10. The normalized spacial score (nSPS) is 14.5. The topological polar surface area (TPSA) is 194 Å². The summed E-state index contributed by atoms with van der Waals surface area (Å²) < 4.78 is 43.4. The van der Waals surface area contributed by atoms with Crippen LogP contribution in [0.15, 0.2) is 344 Å². The number of halogens is 1. The molecule has 1 fully saturated rings. The molecule has 17 nitrogen and oxygen atoms in total. The summed E-state index contributed by atoms with van der Waals surface area (Å²) in [4.78, 5) is 46.9. The van der Waals surface area contributed by atoms with Crippen LogP contribution in [0.3, 0.4) is 0 Å². The molecule has 14 aromatic carbocycles. The van der Waals surface area contributed by atoms with Crippen molar-refractivity contribution in [2.45, 2.75) is 103 Å². The average Bonchev–Trinajstić information content (AvgIpc) is 1.40. The van der Waals surface area contributed by atoms with Crippen LogP contribution in [0.4, 0.5) is 51.2 Å². The predicted octanol–water partition coefficient (Wildman–Crippen LogP) is 33.7. The Morgan fingerprint density at radius 2 is 0.728 bits per heavy atom. The highest BCUT2D eigenvalue weighted by Gasteiger charge is 2.53. The number of nitrogens with zero attached hydrogens (tertiary/aromatic N) is 13. The number of anilines is 9. The second kappa shape index (κ2) is 39.9. The second-order valence-corrected chi connectivity index (χ2v) is 46.4. The van der Waals surface area contributed by atoms with E-state index in [1.165, 1.54) is 125 Å². The molecule has 147 heavy (non-hydrogen) atoms. The van der Waals surface area contributed by atoms with Gasteiger partial charge in [0.2, 0.25) is 0 Å². The monoisotopic (exact) mass is 2120 g/mol. The number of aldehydes is 2. The van der Waals surface area contributed by atoms with Crippen LogP contribution in [0.25, 0.3) is 124 Å². The van der Waals surface area contributed by atoms with Crippen molar-refractivity contribution in [1.29, 1.82) is 5.26 Å². The Bertz CT molecular complexity index is 8870. The van der Waals surface area contributed by atoms with Gasteiger partial charge in [0.05, 0.1) is 116 Å². The van der Waals surface area contributed by atoms with Crippen LogP contribution in [0.2, 0.25) is 0 Å². The van der Waals surface area contributed by atoms with Crippen LogP contribution in [-0.4, -0.2) is 67.1 Å². The Hall–Kier alpha value is -14.7. The van der Waals surface area contributed by atoms with E-state index in [4.69, 9.17) is 34.0 Å². The van der Waals surface area contributed by atoms with E-state index in [1.54, 1.807) is 34.0 Å². The van der Waals surface area contributed by atoms with Gasteiger partial charge in [-0.2, -0.15) is 31.5 Å². The fourth-order valence-corrected chi connectivity index (χ4v) is 26.6. The minimum absolute atomic E-state index is 0.142. The summed E-state index contributed by atoms with van der Waals surface area (Å²) in [5.41, 5.74) is 33.4. The van der Waals surface area contributed by atoms with E-state index in [-0.39, 0.29) is 34.6 Å². The van der Waals surface area contributed by atoms with Crippen LogP contribution >= 0.6 is 108 Å². The fourth-order valence-electron chi connectivity index (χ4n) is 19.8. The highest BCUT2D eigenvalue weighted by atomic mass is 79.9. The molecule has 12 heterocycles. The minimum Gasteiger partial charge on any atom is -0.399 e. The van der Waals surface area contributed by atoms with E-state index in [2.05, 4.69) is 384 Å². The van der Waals surface area contributed by atoms with Gasteiger partial charge < -0.3 is 28.9 Å². The number of thiophene rings is 3. The van der Waals surface area contributed by atoms with Crippen molar-refractivity contribution in [2.24, 2.45) is 0 Å². The first-order valence-electron chi connectivity index (χ1n) is 47.8. The molecule has 0 aliphatic carbocycles. The third-order valence-corrected chi connectivity index (χ3v) is 35.5. The quantitative estimate of drug-likeness (QED) is 0.0431. The number of benzene rings is 14. The minimum atomic E-state index is -0.367. The molecule has 0 spiro atoms. The standard InChI is InChI=1S/C41H27N5S3.C32H23N3OS2.C27H30BNO2.C11H5BrN2OS2.C9H6N2S/c1-41(2)31-12-6-8-14-34(31)46(27-10-4-3-5-11-27)35-20-16-25(23-32(35)41)29-18-19-30(39-38(29)44-49-45-39)36-21-17-28(47-36)22-26(24-42)40-43-33-13-7-9-15-37(33)48-40;1-32(2)25-10-6-7-11-27(25)35(21-8-4-3-5-9-21)28-16-12-20(18-26(28)32)23-14-15-24(31-30(23)33-38-34-31)29-17-13-22(19-36)37-29;1-25(2)21-14-10-11-15-23(21)29(20-12-8-7-9-13-20)24-17-16-19(18-22(24)25)28-30-26(3,4)27(5,6)31-28;12-8-3-2-7(10-11(8)14-17-13-10)9-4-1-6(5-15)16-9;1-10-6-9-11-7-4-2-3-5-8(7)12-9/h3-23H,1-2H3;3-19H,1-2H3;7-18H,1-6H3;1-5H;2-5H,6H2. The molecule has 0 N–H and O–H groups in total. The Kier molecular flexibility index (Phi) is 26.4. The Balaban J connectivity index is 0.000000112. The van der Waals surface area contributed by atoms with Gasteiger partial charge in [0.25, 0.3) is 6.54 Å². The van der Waals surface area contributed by atoms with Crippen LogP contribution in [0, 0.1) is 17.9 Å². The molecule has 0 radical (unpaired) electrons. The summed E-state index contributed by atoms with van der Waals surface area (Å²) >= 11 is 14.8. The third-order valence-electron chi connectivity index (χ3n) is 28.0. The van der Waals surface area contributed by atoms with Gasteiger partial charge in [-0.05, 0) is 251 Å². The van der Waals surface area contributed by atoms with Gasteiger partial charge in [-0.15, -0.1) is 56.7 Å². The zero-order valence-electron chi connectivity index (χ0n) is 81.4. The number of para-hydroxylation sites is 8. The van der Waals surface area contributed by atoms with Crippen molar-refractivity contribution in [3.05, 3.63) is 414 Å². The Morgan fingerprint density at radius 1 is 0.374 bits per heavy atom. The first kappa shape index (κ1) is 97.1. The summed E-state index contributed by atoms with van der Waals surface area (Å²) in [6.45, 7) is 29.4. The maximum Gasteiger partial charge on any atom is 0.494 e. The average molecular weight is 2130 g/mol. The molecule has 0 amide bonds. The molecule has 22 aromatic rings. The van der Waals surface area contributed by atoms with E-state index < -0.39 is 0 Å². The third kappa shape index (κ3) is 18.2. The van der Waals surface area contributed by atoms with Crippen molar-refractivity contribution in [2.75, 3.05) is 14.7 Å². The predicted molar refractivity (Wildman–Crippen MR) is 617 cm³/mol. The van der Waals surface area contributed by atoms with Crippen LogP contribution < -0.4 is 20.2 Å². The maximum absolute atomic E-state index is 11.2. The van der Waals surface area contributed by atoms with E-state index in [1.807, 2.05) is 91.0 Å². The summed E-state index contributed by atoms with van der Waals surface area (Å²) in [7, 11) is -0.367. The van der Waals surface area contributed by atoms with E-state index >= 15 is 0 Å². The summed E-state index contributed by atoms with van der Waals surface area (Å²) in [5.74, 6) is 0. The van der Waals surface area contributed by atoms with Gasteiger partial charge in [-0.3, -0.25) is 9.59 Å². The molecule has 1 saturated heterocycles. The number of hydrogen-bond donors (Lipinski definition) is 0. The smallest absolute Gasteiger partial charge is 0.399 e. The van der Waals surface area contributed by atoms with Gasteiger partial charge in [0.15, 0.2) is 17.6 Å². The summed E-state index contributed by atoms with van der Waals surface area (Å²) in [5, 5.41) is 11.6. The number of allylic oxidation sites excluding steroid dienone is 1. The van der Waals surface area contributed by atoms with Crippen molar-refractivity contribution in [3.63, 3.8) is 0 Å². The van der Waals surface area contributed by atoms with E-state index in [9.17, 15) is 14.9 Å². The van der Waals surface area contributed by atoms with Crippen LogP contribution in [-0.2, 0) is 32.1 Å². The largest absolute Gasteiger partial charge is 0.494 e. The lowest BCUT2D eigenvalue weighted by Crippen LogP contribution is -2.41. The van der Waals surface area contributed by atoms with Crippen molar-refractivity contribution in [1.82, 2.24) is 36.2 Å². The van der Waals surface area contributed by atoms with Crippen LogP contribution in [0.5, 0.6) is 0 Å². The molecule has 8 aromatic heterocycles. The van der Waals surface area contributed by atoms with Gasteiger partial charge in [0, 0.05) is 85.1 Å². The van der Waals surface area contributed by atoms with Gasteiger partial charge >= 0.3 is 7.12 Å². The lowest BCUT2D eigenvalue weighted by molar-refractivity contribution is 0.00578. The highest BCUT2D eigenvalue weighted by Crippen LogP contribution is 2.58. The maximum atomic E-state index is 11.2. The van der Waals surface area contributed by atoms with Crippen LogP contribution in [0.1, 0.15) is 137 Å². The number of hydrogen-bond acceptors (Lipinski definition) is 24. The van der Waals surface area contributed by atoms with Crippen molar-refractivity contribution in [3.8, 4) is 59.6 Å². The molecular weight excluding hydrogens is 2030 g/mol. The number of nitriles is 1. The molecule has 0 unspecified atom stereocenters. The Morgan fingerprint density at radius 3 is 1.15 bits per heavy atom. The van der Waals surface area contributed by atoms with Gasteiger partial charge in [-0.1, -0.05) is 230 Å². The lowest BCUT2D eigenvalue weighted by Gasteiger charge is -2.42. The molecule has 0 atom stereocenters. The zero-order valence-corrected chi connectivity index (χ0v) is 89.6. The Labute approximate surface area is 892 Å². The van der Waals surface area contributed by atoms with E-state index in [0.29, 0.717) is 17.0 Å². The number of aromatic nitrogens is 8. The SMILES string of the molecule is CC1(C)c2ccccc2N(c2ccccc2)c2ccc(-c3ccc(-c4ccc(C=C(C#N)c5nc6ccccc6s5)s4)c4nsnc34)cc21.CC1(C)c2ccccc2N(c2ccccc2)c2ccc(-c3ccc(-c4ccc(C=O)s4)c4nsnc34)cc21.CC1(C)c2ccccc2N(c2ccccc2)c2ccc(B3OC(C)(C)C(C)(C)O3)cc21.O=Cc1ccc(-c2ccc(Br)c3nsnc23)s1.[C-]#[N+]Cc1nc2ccccc2s1. The number of rotatable bonds is 14. The van der Waals surface area contributed by atoms with Crippen molar-refractivity contribution >= 4 is 249 Å². The fraction of sp³-hybridized carbons (Fsp3) is 0.133. The molecule has 718 valence electrons. The summed E-state index contributed by atoms with van der Waals surface area (Å²) in [6.07, 6.45) is 3.69. The number of carbonyl (C=O) groups excluding carboxylic acids is 2. The molecule has 0 saturated carbocycles. The first-order valence-corrected chi connectivity index (χ1v) is 54.8. The molecular formula is C120H91BBrN13O4S8. The summed E-state index contributed by atoms with van der Waals surface area (Å²) in [6, 6.07) is 121. The van der Waals surface area contributed by atoms with Crippen molar-refractivity contribution < 1.29 is 18.9 Å². The molecule has 0 bridgehead atoms. The van der Waals surface area contributed by atoms with E-state index in [0.717, 1.165) is 166 Å². The van der Waals surface area contributed by atoms with Gasteiger partial charge in [-0.25, -0.2) is 16.5 Å². The lowest BCUT2D eigenvalue weighted by atomic mass is 9.69. The number of thiazole rings is 2. The molecule has 4 aliphatic rings. The number of carbonyl (C=O) groups is 2. The molecule has 26 rings (SSSR count). The number of fused-ring (bicyclic) bond motifs is 11. The first-order chi connectivity index (χ1) is 71.4. The van der Waals surface area contributed by atoms with Gasteiger partial charge in [0.1, 0.15) is 44.2 Å². The molecule has 27 heteroatoms. The molecule has 4 aliphatic heterocycles. The zero-order chi connectivity index (χ0) is 101.